The van der Waals surface area contributed by atoms with Gasteiger partial charge in [-0.2, -0.15) is 0 Å². The van der Waals surface area contributed by atoms with Gasteiger partial charge in [-0.3, -0.25) is 4.72 Å². The van der Waals surface area contributed by atoms with Gasteiger partial charge in [-0.25, -0.2) is 8.42 Å². The molecule has 0 atom stereocenters. The van der Waals surface area contributed by atoms with Crippen LogP contribution in [-0.2, 0) is 10.0 Å². The Kier molecular flexibility index (Phi) is 4.19. The van der Waals surface area contributed by atoms with Gasteiger partial charge in [0.25, 0.3) is 0 Å². The van der Waals surface area contributed by atoms with E-state index in [2.05, 4.69) is 4.72 Å². The zero-order valence-electron chi connectivity index (χ0n) is 10.9. The number of sulfonamides is 1. The summed E-state index contributed by atoms with van der Waals surface area (Å²) in [4.78, 5) is 0. The highest BCUT2D eigenvalue weighted by molar-refractivity contribution is 7.92. The lowest BCUT2D eigenvalue weighted by atomic mass is 9.98. The van der Waals surface area contributed by atoms with Gasteiger partial charge in [-0.05, 0) is 25.7 Å². The summed E-state index contributed by atoms with van der Waals surface area (Å²) < 4.78 is 30.5. The van der Waals surface area contributed by atoms with Crippen LogP contribution < -0.4 is 9.46 Å². The molecule has 2 rings (SSSR count). The van der Waals surface area contributed by atoms with E-state index in [1.807, 2.05) is 0 Å². The molecule has 0 amide bonds. The van der Waals surface area contributed by atoms with Gasteiger partial charge in [-0.1, -0.05) is 6.42 Å². The smallest absolute Gasteiger partial charge is 0.229 e. The molecule has 1 saturated carbocycles. The van der Waals surface area contributed by atoms with Crippen molar-refractivity contribution in [1.82, 2.24) is 0 Å². The summed E-state index contributed by atoms with van der Waals surface area (Å²) in [5.74, 6) is 0.484. The lowest BCUT2D eigenvalue weighted by molar-refractivity contribution is 0.154. The predicted octanol–water partition coefficient (Wildman–Crippen LogP) is 2.48. The van der Waals surface area contributed by atoms with Crippen molar-refractivity contribution in [2.45, 2.75) is 38.2 Å². The Morgan fingerprint density at radius 1 is 1.21 bits per heavy atom. The Balaban J connectivity index is 2.11. The number of anilines is 1. The SMILES string of the molecule is CS(=O)(=O)Nc1cc(O)cc(OC2CCCCC2)c1. The molecule has 1 fully saturated rings. The Morgan fingerprint density at radius 3 is 2.53 bits per heavy atom. The predicted molar refractivity (Wildman–Crippen MR) is 74.1 cm³/mol. The second-order valence-electron chi connectivity index (χ2n) is 4.97. The maximum atomic E-state index is 11.2. The van der Waals surface area contributed by atoms with E-state index in [0.717, 1.165) is 31.9 Å². The van der Waals surface area contributed by atoms with E-state index in [0.29, 0.717) is 11.4 Å². The lowest BCUT2D eigenvalue weighted by Gasteiger charge is -2.23. The molecule has 1 aliphatic rings. The number of hydrogen-bond donors (Lipinski definition) is 2. The van der Waals surface area contributed by atoms with Crippen molar-refractivity contribution in [1.29, 1.82) is 0 Å². The fourth-order valence-electron chi connectivity index (χ4n) is 2.30. The minimum Gasteiger partial charge on any atom is -0.508 e. The van der Waals surface area contributed by atoms with Crippen LogP contribution in [-0.4, -0.2) is 25.9 Å². The number of phenolic OH excluding ortho intramolecular Hbond substituents is 1. The van der Waals surface area contributed by atoms with Crippen molar-refractivity contribution in [2.75, 3.05) is 11.0 Å². The van der Waals surface area contributed by atoms with Gasteiger partial charge in [-0.15, -0.1) is 0 Å². The molecule has 0 radical (unpaired) electrons. The van der Waals surface area contributed by atoms with E-state index in [9.17, 15) is 13.5 Å². The summed E-state index contributed by atoms with van der Waals surface area (Å²) in [6.07, 6.45) is 6.77. The van der Waals surface area contributed by atoms with Crippen molar-refractivity contribution in [3.63, 3.8) is 0 Å². The van der Waals surface area contributed by atoms with Gasteiger partial charge >= 0.3 is 0 Å². The topological polar surface area (TPSA) is 75.6 Å². The van der Waals surface area contributed by atoms with Crippen molar-refractivity contribution in [3.8, 4) is 11.5 Å². The van der Waals surface area contributed by atoms with Gasteiger partial charge in [0.2, 0.25) is 10.0 Å². The van der Waals surface area contributed by atoms with Crippen LogP contribution in [0, 0.1) is 0 Å². The molecule has 1 aliphatic carbocycles. The quantitative estimate of drug-likeness (QED) is 0.891. The lowest BCUT2D eigenvalue weighted by Crippen LogP contribution is -2.19. The molecule has 5 nitrogen and oxygen atoms in total. The fourth-order valence-corrected chi connectivity index (χ4v) is 2.85. The summed E-state index contributed by atoms with van der Waals surface area (Å²) in [5.41, 5.74) is 0.313. The average molecular weight is 285 g/mol. The maximum absolute atomic E-state index is 11.2. The molecular formula is C13H19NO4S. The van der Waals surface area contributed by atoms with Crippen LogP contribution in [0.1, 0.15) is 32.1 Å². The molecule has 0 aromatic heterocycles. The van der Waals surface area contributed by atoms with E-state index in [1.165, 1.54) is 18.6 Å². The van der Waals surface area contributed by atoms with Gasteiger partial charge in [0.1, 0.15) is 11.5 Å². The zero-order chi connectivity index (χ0) is 13.9. The molecule has 2 N–H and O–H groups in total. The largest absolute Gasteiger partial charge is 0.508 e. The third-order valence-corrected chi connectivity index (χ3v) is 3.66. The molecule has 6 heteroatoms. The second-order valence-corrected chi connectivity index (χ2v) is 6.72. The van der Waals surface area contributed by atoms with Crippen LogP contribution in [0.15, 0.2) is 18.2 Å². The average Bonchev–Trinajstić information content (AvgIpc) is 2.26. The summed E-state index contributed by atoms with van der Waals surface area (Å²) in [7, 11) is -3.36. The molecular weight excluding hydrogens is 266 g/mol. The Hall–Kier alpha value is -1.43. The van der Waals surface area contributed by atoms with Crippen molar-refractivity contribution in [2.24, 2.45) is 0 Å². The highest BCUT2D eigenvalue weighted by Crippen LogP contribution is 2.29. The van der Waals surface area contributed by atoms with Gasteiger partial charge < -0.3 is 9.84 Å². The van der Waals surface area contributed by atoms with Gasteiger partial charge in [0.15, 0.2) is 0 Å². The molecule has 0 aliphatic heterocycles. The minimum atomic E-state index is -3.36. The highest BCUT2D eigenvalue weighted by atomic mass is 32.2. The van der Waals surface area contributed by atoms with E-state index in [4.69, 9.17) is 4.74 Å². The summed E-state index contributed by atoms with van der Waals surface area (Å²) >= 11 is 0. The van der Waals surface area contributed by atoms with Crippen molar-refractivity contribution in [3.05, 3.63) is 18.2 Å². The Labute approximate surface area is 113 Å². The second kappa shape index (κ2) is 5.69. The molecule has 106 valence electrons. The molecule has 19 heavy (non-hydrogen) atoms. The van der Waals surface area contributed by atoms with Crippen LogP contribution >= 0.6 is 0 Å². The van der Waals surface area contributed by atoms with Crippen LogP contribution in [0.25, 0.3) is 0 Å². The first-order valence-corrected chi connectivity index (χ1v) is 8.30. The first-order valence-electron chi connectivity index (χ1n) is 6.41. The number of hydrogen-bond acceptors (Lipinski definition) is 4. The monoisotopic (exact) mass is 285 g/mol. The third kappa shape index (κ3) is 4.63. The van der Waals surface area contributed by atoms with Crippen LogP contribution in [0.2, 0.25) is 0 Å². The number of aromatic hydroxyl groups is 1. The summed E-state index contributed by atoms with van der Waals surface area (Å²) in [6, 6.07) is 4.45. The molecule has 0 spiro atoms. The van der Waals surface area contributed by atoms with Crippen molar-refractivity contribution >= 4 is 15.7 Å². The highest BCUT2D eigenvalue weighted by Gasteiger charge is 2.15. The molecule has 0 heterocycles. The maximum Gasteiger partial charge on any atom is 0.229 e. The number of nitrogens with one attached hydrogen (secondary N) is 1. The standard InChI is InChI=1S/C13H19NO4S/c1-19(16,17)14-10-7-11(15)9-13(8-10)18-12-5-3-2-4-6-12/h7-9,12,14-15H,2-6H2,1H3. The normalized spacial score (nSPS) is 17.1. The molecule has 0 bridgehead atoms. The number of benzene rings is 1. The van der Waals surface area contributed by atoms with E-state index in [1.54, 1.807) is 6.07 Å². The summed E-state index contributed by atoms with van der Waals surface area (Å²) in [5, 5.41) is 9.61. The molecule has 0 saturated heterocycles. The first-order chi connectivity index (χ1) is 8.92. The number of phenols is 1. The molecule has 0 unspecified atom stereocenters. The fraction of sp³-hybridized carbons (Fsp3) is 0.538. The number of ether oxygens (including phenoxy) is 1. The van der Waals surface area contributed by atoms with E-state index < -0.39 is 10.0 Å². The van der Waals surface area contributed by atoms with Crippen LogP contribution in [0.4, 0.5) is 5.69 Å². The van der Waals surface area contributed by atoms with Gasteiger partial charge in [0.05, 0.1) is 18.0 Å². The summed E-state index contributed by atoms with van der Waals surface area (Å²) in [6.45, 7) is 0. The van der Waals surface area contributed by atoms with E-state index in [-0.39, 0.29) is 11.9 Å². The minimum absolute atomic E-state index is 0.0144. The zero-order valence-corrected chi connectivity index (χ0v) is 11.7. The first kappa shape index (κ1) is 14.0. The van der Waals surface area contributed by atoms with E-state index >= 15 is 0 Å². The van der Waals surface area contributed by atoms with Crippen molar-refractivity contribution < 1.29 is 18.3 Å². The third-order valence-electron chi connectivity index (χ3n) is 3.05. The molecule has 1 aromatic rings. The van der Waals surface area contributed by atoms with Crippen LogP contribution in [0.3, 0.4) is 0 Å². The Bertz CT molecular complexity index is 536. The number of rotatable bonds is 4. The van der Waals surface area contributed by atoms with Gasteiger partial charge in [0, 0.05) is 18.2 Å². The molecule has 1 aromatic carbocycles. The van der Waals surface area contributed by atoms with Crippen LogP contribution in [0.5, 0.6) is 11.5 Å². The Morgan fingerprint density at radius 2 is 1.89 bits per heavy atom.